The predicted octanol–water partition coefficient (Wildman–Crippen LogP) is 4.57. The monoisotopic (exact) mass is 334 g/mol. The van der Waals surface area contributed by atoms with Crippen LogP contribution in [0.2, 0.25) is 0 Å². The van der Waals surface area contributed by atoms with Gasteiger partial charge in [0.15, 0.2) is 5.78 Å². The van der Waals surface area contributed by atoms with Crippen molar-refractivity contribution in [2.24, 2.45) is 5.41 Å². The fourth-order valence-corrected chi connectivity index (χ4v) is 3.27. The topological polar surface area (TPSA) is 43.4 Å². The van der Waals surface area contributed by atoms with Crippen LogP contribution in [0.5, 0.6) is 0 Å². The molecular weight excluding hydrogens is 312 g/mol. The lowest BCUT2D eigenvalue weighted by Crippen LogP contribution is -2.36. The van der Waals surface area contributed by atoms with Crippen LogP contribution in [0.15, 0.2) is 66.7 Å². The highest BCUT2D eigenvalue weighted by atomic mass is 16.5. The third-order valence-electron chi connectivity index (χ3n) is 4.72. The van der Waals surface area contributed by atoms with E-state index in [4.69, 9.17) is 4.74 Å². The average molecular weight is 334 g/mol. The first-order valence-electron chi connectivity index (χ1n) is 8.67. The minimum Gasteiger partial charge on any atom is -0.460 e. The van der Waals surface area contributed by atoms with Gasteiger partial charge in [-0.05, 0) is 30.4 Å². The van der Waals surface area contributed by atoms with Gasteiger partial charge in [-0.15, -0.1) is 0 Å². The van der Waals surface area contributed by atoms with Crippen molar-refractivity contribution in [3.63, 3.8) is 0 Å². The van der Waals surface area contributed by atoms with Crippen molar-refractivity contribution >= 4 is 17.8 Å². The second kappa shape index (κ2) is 7.93. The zero-order valence-electron chi connectivity index (χ0n) is 14.2. The maximum atomic E-state index is 12.7. The van der Waals surface area contributed by atoms with Gasteiger partial charge < -0.3 is 4.74 Å². The fourth-order valence-electron chi connectivity index (χ4n) is 3.27. The number of hydrogen-bond donors (Lipinski definition) is 0. The smallest absolute Gasteiger partial charge is 0.320 e. The SMILES string of the molecule is O=C1CCCC1(C/C=C/c1ccccc1)C(=O)OCc1ccccc1. The van der Waals surface area contributed by atoms with Crippen molar-refractivity contribution in [2.75, 3.05) is 0 Å². The van der Waals surface area contributed by atoms with E-state index in [1.54, 1.807) is 0 Å². The summed E-state index contributed by atoms with van der Waals surface area (Å²) in [6.45, 7) is 0.205. The Bertz CT molecular complexity index is 749. The van der Waals surface area contributed by atoms with E-state index in [9.17, 15) is 9.59 Å². The van der Waals surface area contributed by atoms with E-state index in [1.807, 2.05) is 72.8 Å². The zero-order valence-corrected chi connectivity index (χ0v) is 14.2. The van der Waals surface area contributed by atoms with E-state index in [2.05, 4.69) is 0 Å². The number of Topliss-reactive ketones (excluding diaryl/α,β-unsaturated/α-hetero) is 1. The molecule has 0 saturated heterocycles. The molecule has 1 atom stereocenters. The van der Waals surface area contributed by atoms with Crippen LogP contribution in [0.3, 0.4) is 0 Å². The first kappa shape index (κ1) is 17.2. The summed E-state index contributed by atoms with van der Waals surface area (Å²) in [6.07, 6.45) is 6.05. The summed E-state index contributed by atoms with van der Waals surface area (Å²) < 4.78 is 5.49. The van der Waals surface area contributed by atoms with E-state index in [0.29, 0.717) is 19.3 Å². The second-order valence-electron chi connectivity index (χ2n) is 6.44. The van der Waals surface area contributed by atoms with E-state index in [1.165, 1.54) is 0 Å². The van der Waals surface area contributed by atoms with E-state index < -0.39 is 11.4 Å². The summed E-state index contributed by atoms with van der Waals surface area (Å²) in [6, 6.07) is 19.4. The van der Waals surface area contributed by atoms with Gasteiger partial charge >= 0.3 is 5.97 Å². The minimum absolute atomic E-state index is 0.00303. The average Bonchev–Trinajstić information content (AvgIpc) is 3.03. The van der Waals surface area contributed by atoms with Gasteiger partial charge in [-0.3, -0.25) is 9.59 Å². The third kappa shape index (κ3) is 4.05. The molecule has 0 aromatic heterocycles. The van der Waals surface area contributed by atoms with Gasteiger partial charge in [0.1, 0.15) is 12.0 Å². The molecule has 0 bridgehead atoms. The first-order valence-corrected chi connectivity index (χ1v) is 8.67. The largest absolute Gasteiger partial charge is 0.460 e. The molecule has 0 aliphatic heterocycles. The van der Waals surface area contributed by atoms with Crippen molar-refractivity contribution in [3.8, 4) is 0 Å². The number of esters is 1. The van der Waals surface area contributed by atoms with Gasteiger partial charge in [0.05, 0.1) is 0 Å². The Morgan fingerprint density at radius 3 is 2.36 bits per heavy atom. The van der Waals surface area contributed by atoms with Gasteiger partial charge in [-0.25, -0.2) is 0 Å². The molecule has 1 aliphatic rings. The summed E-state index contributed by atoms with van der Waals surface area (Å²) in [7, 11) is 0. The van der Waals surface area contributed by atoms with E-state index >= 15 is 0 Å². The van der Waals surface area contributed by atoms with Crippen LogP contribution >= 0.6 is 0 Å². The first-order chi connectivity index (χ1) is 12.2. The number of allylic oxidation sites excluding steroid dienone is 1. The maximum Gasteiger partial charge on any atom is 0.320 e. The molecular formula is C22H22O3. The Hall–Kier alpha value is -2.68. The lowest BCUT2D eigenvalue weighted by molar-refractivity contribution is -0.160. The molecule has 1 unspecified atom stereocenters. The molecule has 1 fully saturated rings. The molecule has 2 aromatic rings. The highest BCUT2D eigenvalue weighted by Crippen LogP contribution is 2.40. The molecule has 0 radical (unpaired) electrons. The van der Waals surface area contributed by atoms with E-state index in [-0.39, 0.29) is 12.4 Å². The van der Waals surface area contributed by atoms with Crippen molar-refractivity contribution < 1.29 is 14.3 Å². The quantitative estimate of drug-likeness (QED) is 0.574. The summed E-state index contributed by atoms with van der Waals surface area (Å²) in [5.41, 5.74) is 0.970. The molecule has 1 saturated carbocycles. The molecule has 0 N–H and O–H groups in total. The van der Waals surface area contributed by atoms with Crippen LogP contribution in [-0.2, 0) is 20.9 Å². The van der Waals surface area contributed by atoms with Crippen molar-refractivity contribution in [2.45, 2.75) is 32.3 Å². The summed E-state index contributed by atoms with van der Waals surface area (Å²) >= 11 is 0. The molecule has 2 aromatic carbocycles. The van der Waals surface area contributed by atoms with Gasteiger partial charge in [0, 0.05) is 6.42 Å². The molecule has 128 valence electrons. The number of ketones is 1. The number of benzene rings is 2. The normalized spacial score (nSPS) is 20.1. The molecule has 3 rings (SSSR count). The number of carbonyl (C=O) groups is 2. The molecule has 25 heavy (non-hydrogen) atoms. The number of rotatable bonds is 6. The predicted molar refractivity (Wildman–Crippen MR) is 97.6 cm³/mol. The maximum absolute atomic E-state index is 12.7. The van der Waals surface area contributed by atoms with Crippen molar-refractivity contribution in [1.29, 1.82) is 0 Å². The van der Waals surface area contributed by atoms with Gasteiger partial charge in [-0.2, -0.15) is 0 Å². The van der Waals surface area contributed by atoms with Crippen LogP contribution < -0.4 is 0 Å². The van der Waals surface area contributed by atoms with Crippen molar-refractivity contribution in [1.82, 2.24) is 0 Å². The molecule has 1 aliphatic carbocycles. The lowest BCUT2D eigenvalue weighted by Gasteiger charge is -2.23. The molecule has 0 heterocycles. The Morgan fingerprint density at radius 1 is 1.04 bits per heavy atom. The highest BCUT2D eigenvalue weighted by molar-refractivity contribution is 6.05. The minimum atomic E-state index is -1.01. The van der Waals surface area contributed by atoms with Crippen LogP contribution in [0.4, 0.5) is 0 Å². The van der Waals surface area contributed by atoms with Crippen molar-refractivity contribution in [3.05, 3.63) is 77.9 Å². The van der Waals surface area contributed by atoms with E-state index in [0.717, 1.165) is 17.5 Å². The standard InChI is InChI=1S/C22H22O3/c23-20-14-8-16-22(20,15-7-13-18-9-3-1-4-10-18)21(24)25-17-19-11-5-2-6-12-19/h1-7,9-13H,8,14-17H2/b13-7+. The fraction of sp³-hybridized carbons (Fsp3) is 0.273. The van der Waals surface area contributed by atoms with Crippen LogP contribution in [-0.4, -0.2) is 11.8 Å². The summed E-state index contributed by atoms with van der Waals surface area (Å²) in [5.74, 6) is -0.389. The summed E-state index contributed by atoms with van der Waals surface area (Å²) in [5, 5.41) is 0. The third-order valence-corrected chi connectivity index (χ3v) is 4.72. The second-order valence-corrected chi connectivity index (χ2v) is 6.44. The Balaban J connectivity index is 1.69. The number of ether oxygens (including phenoxy) is 1. The molecule has 3 nitrogen and oxygen atoms in total. The number of hydrogen-bond acceptors (Lipinski definition) is 3. The zero-order chi connectivity index (χ0) is 17.5. The van der Waals surface area contributed by atoms with Crippen LogP contribution in [0, 0.1) is 5.41 Å². The highest BCUT2D eigenvalue weighted by Gasteiger charge is 2.48. The van der Waals surface area contributed by atoms with Gasteiger partial charge in [0.25, 0.3) is 0 Å². The van der Waals surface area contributed by atoms with Crippen LogP contribution in [0.25, 0.3) is 6.08 Å². The van der Waals surface area contributed by atoms with Gasteiger partial charge in [0.2, 0.25) is 0 Å². The van der Waals surface area contributed by atoms with Gasteiger partial charge in [-0.1, -0.05) is 72.8 Å². The molecule has 0 amide bonds. The summed E-state index contributed by atoms with van der Waals surface area (Å²) in [4.78, 5) is 25.2. The molecule has 0 spiro atoms. The number of carbonyl (C=O) groups excluding carboxylic acids is 2. The van der Waals surface area contributed by atoms with Crippen LogP contribution in [0.1, 0.15) is 36.8 Å². The Morgan fingerprint density at radius 2 is 1.72 bits per heavy atom. The Kier molecular flexibility index (Phi) is 5.44. The Labute approximate surface area is 148 Å². The lowest BCUT2D eigenvalue weighted by atomic mass is 9.81. The molecule has 3 heteroatoms.